The summed E-state index contributed by atoms with van der Waals surface area (Å²) in [6.07, 6.45) is 8.45. The molecule has 0 atom stereocenters. The van der Waals surface area contributed by atoms with Crippen LogP contribution in [0.25, 0.3) is 10.9 Å². The summed E-state index contributed by atoms with van der Waals surface area (Å²) in [6.45, 7) is 1.02. The van der Waals surface area contributed by atoms with Crippen molar-refractivity contribution in [2.45, 2.75) is 6.73 Å². The normalized spacial score (nSPS) is 12.8. The standard InChI is InChI=1S/C14H19BrN2O3S/c1-21(2,3)5-4-20-9-17-13-7-11(14(18)19)12(15)6-10(13)8-16-17/h6-8H,4-5,9H2,1-3H3,(H,18,19). The number of carbonyl (C=O) groups is 1. The number of aromatic nitrogens is 2. The zero-order chi connectivity index (χ0) is 15.6. The molecule has 7 heteroatoms. The fraction of sp³-hybridized carbons (Fsp3) is 0.429. The molecule has 1 heterocycles. The van der Waals surface area contributed by atoms with Gasteiger partial charge in [0, 0.05) is 15.6 Å². The lowest BCUT2D eigenvalue weighted by Gasteiger charge is -2.24. The molecule has 1 N–H and O–H groups in total. The summed E-state index contributed by atoms with van der Waals surface area (Å²) in [7, 11) is -0.570. The second kappa shape index (κ2) is 6.37. The van der Waals surface area contributed by atoms with Gasteiger partial charge in [-0.25, -0.2) is 19.5 Å². The van der Waals surface area contributed by atoms with Gasteiger partial charge in [-0.3, -0.25) is 0 Å². The summed E-state index contributed by atoms with van der Waals surface area (Å²) in [5, 5.41) is 14.3. The summed E-state index contributed by atoms with van der Waals surface area (Å²) < 4.78 is 7.90. The molecule has 1 aromatic carbocycles. The Morgan fingerprint density at radius 2 is 2.14 bits per heavy atom. The van der Waals surface area contributed by atoms with Crippen LogP contribution >= 0.6 is 26.0 Å². The van der Waals surface area contributed by atoms with E-state index in [4.69, 9.17) is 9.84 Å². The Morgan fingerprint density at radius 3 is 2.76 bits per heavy atom. The first kappa shape index (κ1) is 16.3. The molecule has 21 heavy (non-hydrogen) atoms. The van der Waals surface area contributed by atoms with Crippen molar-refractivity contribution in [1.29, 1.82) is 0 Å². The Labute approximate surface area is 133 Å². The van der Waals surface area contributed by atoms with Gasteiger partial charge >= 0.3 is 5.97 Å². The van der Waals surface area contributed by atoms with E-state index in [2.05, 4.69) is 39.8 Å². The zero-order valence-corrected chi connectivity index (χ0v) is 14.7. The van der Waals surface area contributed by atoms with Crippen LogP contribution in [0.15, 0.2) is 22.8 Å². The van der Waals surface area contributed by atoms with Crippen molar-refractivity contribution in [1.82, 2.24) is 9.78 Å². The van der Waals surface area contributed by atoms with Gasteiger partial charge < -0.3 is 9.84 Å². The predicted molar refractivity (Wildman–Crippen MR) is 90.6 cm³/mol. The lowest BCUT2D eigenvalue weighted by atomic mass is 10.2. The fourth-order valence-electron chi connectivity index (χ4n) is 1.82. The van der Waals surface area contributed by atoms with Crippen LogP contribution in [0.5, 0.6) is 0 Å². The van der Waals surface area contributed by atoms with Gasteiger partial charge in [0.25, 0.3) is 0 Å². The first-order chi connectivity index (χ1) is 9.78. The van der Waals surface area contributed by atoms with E-state index in [-0.39, 0.29) is 5.56 Å². The molecule has 0 aliphatic heterocycles. The molecule has 0 amide bonds. The number of hydrogen-bond acceptors (Lipinski definition) is 3. The number of ether oxygens (including phenoxy) is 1. The number of rotatable bonds is 6. The number of aromatic carboxylic acids is 1. The lowest BCUT2D eigenvalue weighted by Crippen LogP contribution is -2.10. The van der Waals surface area contributed by atoms with Crippen molar-refractivity contribution < 1.29 is 14.6 Å². The zero-order valence-electron chi connectivity index (χ0n) is 12.3. The van der Waals surface area contributed by atoms with Crippen molar-refractivity contribution in [3.05, 3.63) is 28.4 Å². The summed E-state index contributed by atoms with van der Waals surface area (Å²) in [6, 6.07) is 3.38. The first-order valence-electron chi connectivity index (χ1n) is 6.40. The second-order valence-corrected chi connectivity index (χ2v) is 11.1. The number of nitrogens with zero attached hydrogens (tertiary/aromatic N) is 2. The van der Waals surface area contributed by atoms with E-state index in [1.807, 2.05) is 0 Å². The molecule has 0 radical (unpaired) electrons. The van der Waals surface area contributed by atoms with Crippen LogP contribution in [0, 0.1) is 0 Å². The molecule has 5 nitrogen and oxygen atoms in total. The van der Waals surface area contributed by atoms with Gasteiger partial charge in [0.05, 0.1) is 23.9 Å². The van der Waals surface area contributed by atoms with Crippen LogP contribution in [0.3, 0.4) is 0 Å². The molecule has 0 saturated carbocycles. The number of halogens is 1. The average molecular weight is 375 g/mol. The van der Waals surface area contributed by atoms with Crippen LogP contribution in [0.1, 0.15) is 10.4 Å². The van der Waals surface area contributed by atoms with E-state index < -0.39 is 16.0 Å². The average Bonchev–Trinajstić information content (AvgIpc) is 2.74. The van der Waals surface area contributed by atoms with E-state index in [1.54, 1.807) is 23.0 Å². The minimum Gasteiger partial charge on any atom is -0.478 e. The highest BCUT2D eigenvalue weighted by Gasteiger charge is 2.13. The Hall–Kier alpha value is -1.05. The maximum absolute atomic E-state index is 11.2. The Kier molecular flexibility index (Phi) is 4.95. The van der Waals surface area contributed by atoms with E-state index in [0.29, 0.717) is 17.8 Å². The molecule has 0 fully saturated rings. The van der Waals surface area contributed by atoms with Gasteiger partial charge in [-0.15, -0.1) is 0 Å². The minimum absolute atomic E-state index is 0.225. The summed E-state index contributed by atoms with van der Waals surface area (Å²) in [5.41, 5.74) is 0.988. The van der Waals surface area contributed by atoms with Crippen molar-refractivity contribution in [2.24, 2.45) is 0 Å². The molecule has 116 valence electrons. The van der Waals surface area contributed by atoms with Crippen molar-refractivity contribution in [3.8, 4) is 0 Å². The quantitative estimate of drug-likeness (QED) is 0.788. The topological polar surface area (TPSA) is 64.4 Å². The van der Waals surface area contributed by atoms with Gasteiger partial charge in [0.1, 0.15) is 6.73 Å². The van der Waals surface area contributed by atoms with Crippen molar-refractivity contribution in [2.75, 3.05) is 31.1 Å². The summed E-state index contributed by atoms with van der Waals surface area (Å²) >= 11 is 3.27. The van der Waals surface area contributed by atoms with Crippen LogP contribution in [0.4, 0.5) is 0 Å². The van der Waals surface area contributed by atoms with Gasteiger partial charge in [-0.1, -0.05) is 0 Å². The highest BCUT2D eigenvalue weighted by atomic mass is 79.9. The first-order valence-corrected chi connectivity index (χ1v) is 10.2. The van der Waals surface area contributed by atoms with Crippen LogP contribution in [-0.2, 0) is 11.5 Å². The Morgan fingerprint density at radius 1 is 1.43 bits per heavy atom. The van der Waals surface area contributed by atoms with Gasteiger partial charge in [0.15, 0.2) is 0 Å². The third kappa shape index (κ3) is 4.21. The maximum atomic E-state index is 11.2. The second-order valence-electron chi connectivity index (χ2n) is 5.67. The molecule has 0 spiro atoms. The number of carboxylic acid groups (broad SMARTS) is 1. The van der Waals surface area contributed by atoms with Crippen molar-refractivity contribution >= 4 is 42.8 Å². The number of hydrogen-bond donors (Lipinski definition) is 1. The van der Waals surface area contributed by atoms with Gasteiger partial charge in [0.2, 0.25) is 0 Å². The molecular formula is C14H19BrN2O3S. The monoisotopic (exact) mass is 374 g/mol. The lowest BCUT2D eigenvalue weighted by molar-refractivity contribution is 0.0695. The molecular weight excluding hydrogens is 356 g/mol. The molecule has 0 saturated heterocycles. The SMILES string of the molecule is CS(C)(C)CCOCn1ncc2cc(Br)c(C(=O)O)cc21. The predicted octanol–water partition coefficient (Wildman–Crippen LogP) is 3.17. The fourth-order valence-corrected chi connectivity index (χ4v) is 2.97. The molecule has 0 unspecified atom stereocenters. The van der Waals surface area contributed by atoms with Crippen molar-refractivity contribution in [3.63, 3.8) is 0 Å². The van der Waals surface area contributed by atoms with E-state index >= 15 is 0 Å². The minimum atomic E-state index is -0.964. The highest BCUT2D eigenvalue weighted by Crippen LogP contribution is 2.33. The largest absolute Gasteiger partial charge is 0.478 e. The molecule has 0 aliphatic carbocycles. The molecule has 0 aliphatic rings. The molecule has 2 aromatic rings. The van der Waals surface area contributed by atoms with Crippen LogP contribution in [0.2, 0.25) is 0 Å². The van der Waals surface area contributed by atoms with Gasteiger partial charge in [-0.05, 0) is 46.8 Å². The molecule has 2 rings (SSSR count). The highest BCUT2D eigenvalue weighted by molar-refractivity contribution is 9.10. The molecule has 1 aromatic heterocycles. The summed E-state index contributed by atoms with van der Waals surface area (Å²) in [4.78, 5) is 11.2. The Bertz CT molecular complexity index is 664. The number of benzene rings is 1. The van der Waals surface area contributed by atoms with E-state index in [1.165, 1.54) is 0 Å². The van der Waals surface area contributed by atoms with E-state index in [0.717, 1.165) is 16.7 Å². The number of fused-ring (bicyclic) bond motifs is 1. The third-order valence-electron chi connectivity index (χ3n) is 3.01. The third-order valence-corrected chi connectivity index (χ3v) is 5.06. The Balaban J connectivity index is 2.14. The molecule has 0 bridgehead atoms. The van der Waals surface area contributed by atoms with Crippen LogP contribution in [-0.4, -0.2) is 52.0 Å². The summed E-state index contributed by atoms with van der Waals surface area (Å²) in [5.74, 6) is 0.0757. The maximum Gasteiger partial charge on any atom is 0.336 e. The number of carboxylic acids is 1. The van der Waals surface area contributed by atoms with Crippen LogP contribution < -0.4 is 0 Å². The van der Waals surface area contributed by atoms with Gasteiger partial charge in [-0.2, -0.15) is 5.10 Å². The van der Waals surface area contributed by atoms with E-state index in [9.17, 15) is 4.79 Å². The smallest absolute Gasteiger partial charge is 0.336 e.